The fourth-order valence-electron chi connectivity index (χ4n) is 0.839. The van der Waals surface area contributed by atoms with Crippen LogP contribution < -0.4 is 5.32 Å². The summed E-state index contributed by atoms with van der Waals surface area (Å²) in [6.07, 6.45) is 0. The zero-order valence-electron chi connectivity index (χ0n) is 6.28. The SMILES string of the molecule is FCCNc1c(Br)cccc1Br. The van der Waals surface area contributed by atoms with E-state index in [9.17, 15) is 4.39 Å². The molecule has 0 spiro atoms. The van der Waals surface area contributed by atoms with Crippen molar-refractivity contribution in [3.05, 3.63) is 27.1 Å². The van der Waals surface area contributed by atoms with Crippen LogP contribution >= 0.6 is 31.9 Å². The Hall–Kier alpha value is -0.0900. The van der Waals surface area contributed by atoms with Crippen molar-refractivity contribution in [2.24, 2.45) is 0 Å². The van der Waals surface area contributed by atoms with E-state index in [2.05, 4.69) is 37.2 Å². The lowest BCUT2D eigenvalue weighted by Gasteiger charge is -2.08. The minimum atomic E-state index is -0.367. The topological polar surface area (TPSA) is 12.0 Å². The molecule has 1 aromatic carbocycles. The van der Waals surface area contributed by atoms with Crippen molar-refractivity contribution in [3.8, 4) is 0 Å². The van der Waals surface area contributed by atoms with Crippen LogP contribution in [0.1, 0.15) is 0 Å². The van der Waals surface area contributed by atoms with Gasteiger partial charge >= 0.3 is 0 Å². The first-order valence-electron chi connectivity index (χ1n) is 3.49. The molecule has 0 radical (unpaired) electrons. The highest BCUT2D eigenvalue weighted by Crippen LogP contribution is 2.30. The molecule has 1 rings (SSSR count). The number of halogens is 3. The maximum absolute atomic E-state index is 11.8. The summed E-state index contributed by atoms with van der Waals surface area (Å²) in [7, 11) is 0. The van der Waals surface area contributed by atoms with Gasteiger partial charge in [-0.3, -0.25) is 0 Å². The molecule has 0 bridgehead atoms. The van der Waals surface area contributed by atoms with Crippen molar-refractivity contribution >= 4 is 37.5 Å². The number of hydrogen-bond acceptors (Lipinski definition) is 1. The summed E-state index contributed by atoms with van der Waals surface area (Å²) < 4.78 is 13.7. The molecule has 0 amide bonds. The standard InChI is InChI=1S/C8H8Br2FN/c9-6-2-1-3-7(10)8(6)12-5-4-11/h1-3,12H,4-5H2. The Morgan fingerprint density at radius 3 is 2.33 bits per heavy atom. The van der Waals surface area contributed by atoms with Crippen LogP contribution in [0.25, 0.3) is 0 Å². The van der Waals surface area contributed by atoms with Gasteiger partial charge in [0.25, 0.3) is 0 Å². The molecule has 1 aromatic rings. The van der Waals surface area contributed by atoms with Crippen LogP contribution in [0.3, 0.4) is 0 Å². The van der Waals surface area contributed by atoms with E-state index >= 15 is 0 Å². The van der Waals surface area contributed by atoms with Crippen molar-refractivity contribution in [2.75, 3.05) is 18.5 Å². The first-order valence-corrected chi connectivity index (χ1v) is 5.08. The Balaban J connectivity index is 2.81. The molecule has 12 heavy (non-hydrogen) atoms. The molecule has 0 aliphatic rings. The smallest absolute Gasteiger partial charge is 0.107 e. The van der Waals surface area contributed by atoms with E-state index in [0.717, 1.165) is 14.6 Å². The Bertz CT molecular complexity index is 245. The lowest BCUT2D eigenvalue weighted by Crippen LogP contribution is -2.03. The van der Waals surface area contributed by atoms with Crippen LogP contribution in [0.4, 0.5) is 10.1 Å². The summed E-state index contributed by atoms with van der Waals surface area (Å²) in [5, 5.41) is 2.96. The fourth-order valence-corrected chi connectivity index (χ4v) is 2.12. The highest BCUT2D eigenvalue weighted by atomic mass is 79.9. The maximum atomic E-state index is 11.8. The number of rotatable bonds is 3. The summed E-state index contributed by atoms with van der Waals surface area (Å²) in [4.78, 5) is 0. The Kier molecular flexibility index (Phi) is 4.01. The average Bonchev–Trinajstić information content (AvgIpc) is 2.04. The number of anilines is 1. The molecule has 0 saturated heterocycles. The second-order valence-corrected chi connectivity index (χ2v) is 3.92. The van der Waals surface area contributed by atoms with Crippen molar-refractivity contribution < 1.29 is 4.39 Å². The van der Waals surface area contributed by atoms with Crippen molar-refractivity contribution in [3.63, 3.8) is 0 Å². The van der Waals surface area contributed by atoms with E-state index in [1.165, 1.54) is 0 Å². The van der Waals surface area contributed by atoms with Crippen LogP contribution in [-0.4, -0.2) is 13.2 Å². The van der Waals surface area contributed by atoms with Gasteiger partial charge in [-0.15, -0.1) is 0 Å². The normalized spacial score (nSPS) is 9.92. The summed E-state index contributed by atoms with van der Waals surface area (Å²) >= 11 is 6.72. The third-order valence-corrected chi connectivity index (χ3v) is 2.68. The molecule has 1 N–H and O–H groups in total. The van der Waals surface area contributed by atoms with Crippen LogP contribution in [0.2, 0.25) is 0 Å². The van der Waals surface area contributed by atoms with Gasteiger partial charge in [-0.1, -0.05) is 6.07 Å². The van der Waals surface area contributed by atoms with Crippen LogP contribution in [0.5, 0.6) is 0 Å². The first kappa shape index (κ1) is 9.99. The molecular weight excluding hydrogens is 289 g/mol. The monoisotopic (exact) mass is 295 g/mol. The van der Waals surface area contributed by atoms with E-state index in [1.54, 1.807) is 0 Å². The third-order valence-electron chi connectivity index (χ3n) is 1.36. The van der Waals surface area contributed by atoms with Gasteiger partial charge in [-0.25, -0.2) is 4.39 Å². The number of hydrogen-bond donors (Lipinski definition) is 1. The molecule has 0 fully saturated rings. The van der Waals surface area contributed by atoms with Crippen molar-refractivity contribution in [2.45, 2.75) is 0 Å². The molecule has 0 aromatic heterocycles. The van der Waals surface area contributed by atoms with Crippen molar-refractivity contribution in [1.29, 1.82) is 0 Å². The summed E-state index contributed by atoms with van der Waals surface area (Å²) in [5.41, 5.74) is 0.898. The highest BCUT2D eigenvalue weighted by Gasteiger charge is 2.02. The van der Waals surface area contributed by atoms with Crippen LogP contribution in [0, 0.1) is 0 Å². The number of alkyl halides is 1. The molecule has 0 atom stereocenters. The highest BCUT2D eigenvalue weighted by molar-refractivity contribution is 9.11. The lowest BCUT2D eigenvalue weighted by molar-refractivity contribution is 0.512. The summed E-state index contributed by atoms with van der Waals surface area (Å²) in [5.74, 6) is 0. The number of nitrogens with one attached hydrogen (secondary N) is 1. The minimum Gasteiger partial charge on any atom is -0.381 e. The summed E-state index contributed by atoms with van der Waals surface area (Å²) in [6.45, 7) is -0.0328. The van der Waals surface area contributed by atoms with Crippen molar-refractivity contribution in [1.82, 2.24) is 0 Å². The molecule has 0 heterocycles. The molecule has 1 nitrogen and oxygen atoms in total. The Morgan fingerprint density at radius 2 is 1.83 bits per heavy atom. The van der Waals surface area contributed by atoms with Gasteiger partial charge in [-0.2, -0.15) is 0 Å². The Morgan fingerprint density at radius 1 is 1.25 bits per heavy atom. The average molecular weight is 297 g/mol. The second kappa shape index (κ2) is 4.82. The van der Waals surface area contributed by atoms with Gasteiger partial charge in [0.2, 0.25) is 0 Å². The van der Waals surface area contributed by atoms with Crippen LogP contribution in [-0.2, 0) is 0 Å². The van der Waals surface area contributed by atoms with Crippen LogP contribution in [0.15, 0.2) is 27.1 Å². The zero-order valence-corrected chi connectivity index (χ0v) is 9.45. The molecular formula is C8H8Br2FN. The fraction of sp³-hybridized carbons (Fsp3) is 0.250. The maximum Gasteiger partial charge on any atom is 0.107 e. The lowest BCUT2D eigenvalue weighted by atomic mass is 10.3. The number of benzene rings is 1. The first-order chi connectivity index (χ1) is 5.75. The largest absolute Gasteiger partial charge is 0.381 e. The van der Waals surface area contributed by atoms with E-state index < -0.39 is 0 Å². The van der Waals surface area contributed by atoms with Gasteiger partial charge in [0, 0.05) is 15.5 Å². The molecule has 0 saturated carbocycles. The number of para-hydroxylation sites is 1. The molecule has 66 valence electrons. The van der Waals surface area contributed by atoms with E-state index in [0.29, 0.717) is 6.54 Å². The zero-order chi connectivity index (χ0) is 8.97. The molecule has 0 unspecified atom stereocenters. The molecule has 4 heteroatoms. The van der Waals surface area contributed by atoms with E-state index in [1.807, 2.05) is 18.2 Å². The third kappa shape index (κ3) is 2.45. The van der Waals surface area contributed by atoms with Gasteiger partial charge in [0.1, 0.15) is 6.67 Å². The van der Waals surface area contributed by atoms with E-state index in [4.69, 9.17) is 0 Å². The van der Waals surface area contributed by atoms with Gasteiger partial charge in [0.05, 0.1) is 5.69 Å². The second-order valence-electron chi connectivity index (χ2n) is 2.21. The van der Waals surface area contributed by atoms with Gasteiger partial charge < -0.3 is 5.32 Å². The minimum absolute atomic E-state index is 0.335. The molecule has 0 aliphatic heterocycles. The Labute approximate surface area is 87.6 Å². The van der Waals surface area contributed by atoms with Gasteiger partial charge in [0.15, 0.2) is 0 Å². The predicted octanol–water partition coefficient (Wildman–Crippen LogP) is 3.59. The summed E-state index contributed by atoms with van der Waals surface area (Å²) in [6, 6.07) is 5.73. The predicted molar refractivity (Wildman–Crippen MR) is 56.3 cm³/mol. The molecule has 0 aliphatic carbocycles. The quantitative estimate of drug-likeness (QED) is 0.899. The van der Waals surface area contributed by atoms with Gasteiger partial charge in [-0.05, 0) is 44.0 Å². The van der Waals surface area contributed by atoms with E-state index in [-0.39, 0.29) is 6.67 Å².